The summed E-state index contributed by atoms with van der Waals surface area (Å²) in [6, 6.07) is 5.80. The van der Waals surface area contributed by atoms with Gasteiger partial charge in [0.1, 0.15) is 0 Å². The molecule has 17 heavy (non-hydrogen) atoms. The number of aryl methyl sites for hydroxylation is 1. The van der Waals surface area contributed by atoms with Gasteiger partial charge in [-0.05, 0) is 30.7 Å². The van der Waals surface area contributed by atoms with Crippen molar-refractivity contribution in [3.8, 4) is 0 Å². The van der Waals surface area contributed by atoms with Gasteiger partial charge in [0, 0.05) is 35.2 Å². The second kappa shape index (κ2) is 5.06. The van der Waals surface area contributed by atoms with Gasteiger partial charge in [-0.3, -0.25) is 0 Å². The predicted molar refractivity (Wildman–Crippen MR) is 72.1 cm³/mol. The van der Waals surface area contributed by atoms with E-state index in [1.807, 2.05) is 37.5 Å². The second-order valence-corrected chi connectivity index (χ2v) is 4.26. The Morgan fingerprint density at radius 2 is 2.35 bits per heavy atom. The molecular weight excluding hydrogens is 234 g/mol. The molecule has 0 saturated carbocycles. The summed E-state index contributed by atoms with van der Waals surface area (Å²) < 4.78 is 1.69. The number of hydrogen-bond donors (Lipinski definition) is 1. The number of nitrogens with zero attached hydrogens (tertiary/aromatic N) is 2. The van der Waals surface area contributed by atoms with Crippen LogP contribution in [0.2, 0.25) is 5.02 Å². The summed E-state index contributed by atoms with van der Waals surface area (Å²) in [5, 5.41) is 8.23. The van der Waals surface area contributed by atoms with Gasteiger partial charge in [-0.25, -0.2) is 4.68 Å². The zero-order valence-electron chi connectivity index (χ0n) is 9.65. The van der Waals surface area contributed by atoms with Gasteiger partial charge in [0.25, 0.3) is 0 Å². The van der Waals surface area contributed by atoms with Crippen LogP contribution in [0.25, 0.3) is 6.20 Å². The SMILES string of the molecule is C=Cn1cc(CNc2ccc(Cl)cc2C)cn1. The van der Waals surface area contributed by atoms with E-state index in [2.05, 4.69) is 17.0 Å². The highest BCUT2D eigenvalue weighted by Gasteiger charge is 2.00. The van der Waals surface area contributed by atoms with Crippen molar-refractivity contribution in [1.82, 2.24) is 9.78 Å². The van der Waals surface area contributed by atoms with Crippen LogP contribution in [0.15, 0.2) is 37.2 Å². The van der Waals surface area contributed by atoms with Crippen LogP contribution in [0.1, 0.15) is 11.1 Å². The van der Waals surface area contributed by atoms with Gasteiger partial charge in [0.2, 0.25) is 0 Å². The predicted octanol–water partition coefficient (Wildman–Crippen LogP) is 3.56. The molecule has 0 aliphatic carbocycles. The Morgan fingerprint density at radius 3 is 3.00 bits per heavy atom. The Bertz CT molecular complexity index is 531. The normalized spacial score (nSPS) is 10.2. The Balaban J connectivity index is 2.04. The van der Waals surface area contributed by atoms with E-state index in [9.17, 15) is 0 Å². The molecule has 2 aromatic rings. The highest BCUT2D eigenvalue weighted by molar-refractivity contribution is 6.30. The summed E-state index contributed by atoms with van der Waals surface area (Å²) in [5.41, 5.74) is 3.33. The van der Waals surface area contributed by atoms with Crippen molar-refractivity contribution < 1.29 is 0 Å². The van der Waals surface area contributed by atoms with Crippen molar-refractivity contribution >= 4 is 23.5 Å². The van der Waals surface area contributed by atoms with Crippen LogP contribution in [0, 0.1) is 6.92 Å². The Hall–Kier alpha value is -1.74. The molecule has 0 radical (unpaired) electrons. The highest BCUT2D eigenvalue weighted by atomic mass is 35.5. The third-order valence-electron chi connectivity index (χ3n) is 2.51. The fourth-order valence-corrected chi connectivity index (χ4v) is 1.82. The van der Waals surface area contributed by atoms with Gasteiger partial charge in [0.15, 0.2) is 0 Å². The lowest BCUT2D eigenvalue weighted by Gasteiger charge is -2.08. The molecule has 1 N–H and O–H groups in total. The average molecular weight is 248 g/mol. The molecule has 0 fully saturated rings. The van der Waals surface area contributed by atoms with Crippen molar-refractivity contribution in [3.05, 3.63) is 53.3 Å². The Kier molecular flexibility index (Phi) is 3.49. The number of anilines is 1. The van der Waals surface area contributed by atoms with Crippen molar-refractivity contribution in [1.29, 1.82) is 0 Å². The molecule has 0 amide bonds. The lowest BCUT2D eigenvalue weighted by Crippen LogP contribution is -1.99. The third-order valence-corrected chi connectivity index (χ3v) is 2.75. The molecule has 0 aliphatic heterocycles. The zero-order valence-corrected chi connectivity index (χ0v) is 10.4. The fraction of sp³-hybridized carbons (Fsp3) is 0.154. The van der Waals surface area contributed by atoms with Crippen LogP contribution in [0.5, 0.6) is 0 Å². The summed E-state index contributed by atoms with van der Waals surface area (Å²) in [5.74, 6) is 0. The molecule has 0 bridgehead atoms. The van der Waals surface area contributed by atoms with Gasteiger partial charge in [-0.2, -0.15) is 5.10 Å². The van der Waals surface area contributed by atoms with Crippen LogP contribution >= 0.6 is 11.6 Å². The van der Waals surface area contributed by atoms with E-state index in [1.165, 1.54) is 0 Å². The van der Waals surface area contributed by atoms with Crippen LogP contribution in [-0.4, -0.2) is 9.78 Å². The minimum Gasteiger partial charge on any atom is -0.381 e. The van der Waals surface area contributed by atoms with E-state index in [4.69, 9.17) is 11.6 Å². The quantitative estimate of drug-likeness (QED) is 0.895. The number of rotatable bonds is 4. The van der Waals surface area contributed by atoms with Gasteiger partial charge < -0.3 is 5.32 Å². The maximum Gasteiger partial charge on any atom is 0.0543 e. The first-order valence-corrected chi connectivity index (χ1v) is 5.72. The van der Waals surface area contributed by atoms with Crippen LogP contribution in [0.3, 0.4) is 0 Å². The maximum atomic E-state index is 5.90. The topological polar surface area (TPSA) is 29.9 Å². The molecule has 0 saturated heterocycles. The molecule has 4 heteroatoms. The van der Waals surface area contributed by atoms with E-state index < -0.39 is 0 Å². The molecule has 0 unspecified atom stereocenters. The molecule has 0 atom stereocenters. The molecule has 0 aliphatic rings. The van der Waals surface area contributed by atoms with Crippen LogP contribution < -0.4 is 5.32 Å². The largest absolute Gasteiger partial charge is 0.381 e. The van der Waals surface area contributed by atoms with E-state index in [0.29, 0.717) is 0 Å². The highest BCUT2D eigenvalue weighted by Crippen LogP contribution is 2.20. The smallest absolute Gasteiger partial charge is 0.0543 e. The minimum atomic E-state index is 0.732. The van der Waals surface area contributed by atoms with E-state index in [0.717, 1.165) is 28.4 Å². The van der Waals surface area contributed by atoms with Gasteiger partial charge in [0.05, 0.1) is 6.20 Å². The minimum absolute atomic E-state index is 0.732. The van der Waals surface area contributed by atoms with Crippen LogP contribution in [-0.2, 0) is 6.54 Å². The van der Waals surface area contributed by atoms with Gasteiger partial charge >= 0.3 is 0 Å². The van der Waals surface area contributed by atoms with Crippen molar-refractivity contribution in [3.63, 3.8) is 0 Å². The summed E-state index contributed by atoms with van der Waals surface area (Å²) in [6.45, 7) is 6.41. The lowest BCUT2D eigenvalue weighted by molar-refractivity contribution is 0.936. The van der Waals surface area contributed by atoms with E-state index in [1.54, 1.807) is 10.9 Å². The number of aromatic nitrogens is 2. The van der Waals surface area contributed by atoms with Crippen molar-refractivity contribution in [2.75, 3.05) is 5.32 Å². The molecule has 1 heterocycles. The van der Waals surface area contributed by atoms with Crippen molar-refractivity contribution in [2.24, 2.45) is 0 Å². The van der Waals surface area contributed by atoms with E-state index >= 15 is 0 Å². The number of halogens is 1. The Labute approximate surface area is 106 Å². The monoisotopic (exact) mass is 247 g/mol. The standard InChI is InChI=1S/C13H14ClN3/c1-3-17-9-11(8-16-17)7-15-13-5-4-12(14)6-10(13)2/h3-6,8-9,15H,1,7H2,2H3. The van der Waals surface area contributed by atoms with Crippen LogP contribution in [0.4, 0.5) is 5.69 Å². The maximum absolute atomic E-state index is 5.90. The first-order valence-electron chi connectivity index (χ1n) is 5.34. The first kappa shape index (κ1) is 11.7. The third kappa shape index (κ3) is 2.88. The molecular formula is C13H14ClN3. The molecule has 3 nitrogen and oxygen atoms in total. The number of nitrogens with one attached hydrogen (secondary N) is 1. The zero-order chi connectivity index (χ0) is 12.3. The molecule has 88 valence electrons. The first-order chi connectivity index (χ1) is 8.19. The summed E-state index contributed by atoms with van der Waals surface area (Å²) >= 11 is 5.90. The molecule has 1 aromatic carbocycles. The van der Waals surface area contributed by atoms with Crippen molar-refractivity contribution in [2.45, 2.75) is 13.5 Å². The molecule has 1 aromatic heterocycles. The van der Waals surface area contributed by atoms with Gasteiger partial charge in [-0.15, -0.1) is 0 Å². The second-order valence-electron chi connectivity index (χ2n) is 3.82. The Morgan fingerprint density at radius 1 is 1.53 bits per heavy atom. The summed E-state index contributed by atoms with van der Waals surface area (Å²) in [7, 11) is 0. The average Bonchev–Trinajstić information content (AvgIpc) is 2.76. The fourth-order valence-electron chi connectivity index (χ4n) is 1.59. The van der Waals surface area contributed by atoms with E-state index in [-0.39, 0.29) is 0 Å². The van der Waals surface area contributed by atoms with Gasteiger partial charge in [-0.1, -0.05) is 18.2 Å². The number of benzene rings is 1. The lowest BCUT2D eigenvalue weighted by atomic mass is 10.2. The molecule has 0 spiro atoms. The number of hydrogen-bond acceptors (Lipinski definition) is 2. The molecule has 2 rings (SSSR count). The summed E-state index contributed by atoms with van der Waals surface area (Å²) in [4.78, 5) is 0. The summed E-state index contributed by atoms with van der Waals surface area (Å²) in [6.07, 6.45) is 5.42.